The topological polar surface area (TPSA) is 40.1 Å². The largest absolute Gasteiger partial charge is 0.321 e. The third-order valence-electron chi connectivity index (χ3n) is 2.58. The van der Waals surface area contributed by atoms with E-state index in [1.54, 1.807) is 0 Å². The average molecular weight is 137 g/mol. The number of hydrogen-bond donors (Lipinski definition) is 1. The molecule has 2 atom stereocenters. The minimum atomic E-state index is -0.0515. The normalized spacial score (nSPS) is 45.4. The minimum Gasteiger partial charge on any atom is -0.321 e. The number of fused-ring (bicyclic) bond motifs is 1. The summed E-state index contributed by atoms with van der Waals surface area (Å²) >= 11 is 0. The zero-order valence-corrected chi connectivity index (χ0v) is 6.30. The molecule has 2 nitrogen and oxygen atoms in total. The van der Waals surface area contributed by atoms with Gasteiger partial charge in [0.25, 0.3) is 0 Å². The minimum absolute atomic E-state index is 0.0515. The summed E-state index contributed by atoms with van der Waals surface area (Å²) in [6, 6.07) is 0. The first-order valence-electron chi connectivity index (χ1n) is 3.81. The maximum Gasteiger partial charge on any atom is 0.0529 e. The lowest BCUT2D eigenvalue weighted by Gasteiger charge is -2.19. The molecule has 0 aromatic rings. The van der Waals surface area contributed by atoms with Crippen LogP contribution in [0.5, 0.6) is 0 Å². The lowest BCUT2D eigenvalue weighted by molar-refractivity contribution is 0.450. The standard InChI is InChI=1S/C8H13N2/c1-6-2-7-4-10-5-8(7,9)3-6/h3,7H,2,4-5,9H2,1H3/t7-,8-/m1/s1. The molecule has 55 valence electrons. The van der Waals surface area contributed by atoms with E-state index in [9.17, 15) is 0 Å². The highest BCUT2D eigenvalue weighted by molar-refractivity contribution is 5.25. The average Bonchev–Trinajstić information content (AvgIpc) is 2.20. The van der Waals surface area contributed by atoms with E-state index in [1.807, 2.05) is 0 Å². The zero-order valence-electron chi connectivity index (χ0n) is 6.30. The molecular formula is C8H13N2. The van der Waals surface area contributed by atoms with Gasteiger partial charge in [-0.25, -0.2) is 5.32 Å². The predicted octanol–water partition coefficient (Wildman–Crippen LogP) is 0.268. The van der Waals surface area contributed by atoms with Crippen LogP contribution in [-0.2, 0) is 0 Å². The third-order valence-corrected chi connectivity index (χ3v) is 2.58. The second-order valence-corrected chi connectivity index (χ2v) is 3.57. The van der Waals surface area contributed by atoms with Gasteiger partial charge in [-0.3, -0.25) is 0 Å². The van der Waals surface area contributed by atoms with Gasteiger partial charge in [0.2, 0.25) is 0 Å². The molecule has 0 aromatic heterocycles. The molecule has 0 spiro atoms. The Balaban J connectivity index is 2.27. The van der Waals surface area contributed by atoms with Crippen LogP contribution in [-0.4, -0.2) is 18.6 Å². The van der Waals surface area contributed by atoms with Gasteiger partial charge < -0.3 is 5.73 Å². The Morgan fingerprint density at radius 1 is 1.80 bits per heavy atom. The summed E-state index contributed by atoms with van der Waals surface area (Å²) in [5.74, 6) is 0.618. The molecule has 1 fully saturated rings. The summed E-state index contributed by atoms with van der Waals surface area (Å²) < 4.78 is 0. The first kappa shape index (κ1) is 6.38. The molecule has 2 rings (SSSR count). The fourth-order valence-electron chi connectivity index (χ4n) is 2.04. The number of hydrogen-bond acceptors (Lipinski definition) is 1. The van der Waals surface area contributed by atoms with Crippen LogP contribution in [0.1, 0.15) is 13.3 Å². The highest BCUT2D eigenvalue weighted by atomic mass is 15.0. The summed E-state index contributed by atoms with van der Waals surface area (Å²) in [5, 5.41) is 4.30. The molecule has 1 heterocycles. The molecule has 10 heavy (non-hydrogen) atoms. The van der Waals surface area contributed by atoms with E-state index in [2.05, 4.69) is 18.3 Å². The van der Waals surface area contributed by atoms with Crippen LogP contribution >= 0.6 is 0 Å². The van der Waals surface area contributed by atoms with Gasteiger partial charge in [0.1, 0.15) is 0 Å². The number of rotatable bonds is 0. The highest BCUT2D eigenvalue weighted by Gasteiger charge is 2.42. The SMILES string of the molecule is CC1=C[C@@]2(N)C[N]C[C@H]2C1. The van der Waals surface area contributed by atoms with Crippen molar-refractivity contribution < 1.29 is 0 Å². The van der Waals surface area contributed by atoms with Gasteiger partial charge in [-0.15, -0.1) is 0 Å². The van der Waals surface area contributed by atoms with Gasteiger partial charge in [-0.05, 0) is 19.3 Å². The lowest BCUT2D eigenvalue weighted by Crippen LogP contribution is -2.42. The van der Waals surface area contributed by atoms with Crippen LogP contribution in [0, 0.1) is 5.92 Å². The van der Waals surface area contributed by atoms with Gasteiger partial charge in [-0.1, -0.05) is 11.6 Å². The van der Waals surface area contributed by atoms with E-state index < -0.39 is 0 Å². The molecule has 0 saturated carbocycles. The first-order valence-corrected chi connectivity index (χ1v) is 3.81. The van der Waals surface area contributed by atoms with Crippen molar-refractivity contribution in [3.63, 3.8) is 0 Å². The maximum atomic E-state index is 6.08. The highest BCUT2D eigenvalue weighted by Crippen LogP contribution is 2.34. The van der Waals surface area contributed by atoms with Crippen molar-refractivity contribution >= 4 is 0 Å². The van der Waals surface area contributed by atoms with Crippen molar-refractivity contribution in [3.05, 3.63) is 11.6 Å². The Hall–Kier alpha value is -0.340. The van der Waals surface area contributed by atoms with Crippen molar-refractivity contribution in [2.24, 2.45) is 11.7 Å². The van der Waals surface area contributed by atoms with Gasteiger partial charge >= 0.3 is 0 Å². The van der Waals surface area contributed by atoms with Gasteiger partial charge in [0.15, 0.2) is 0 Å². The second kappa shape index (κ2) is 1.83. The second-order valence-electron chi connectivity index (χ2n) is 3.57. The molecule has 0 amide bonds. The molecule has 1 aliphatic carbocycles. The van der Waals surface area contributed by atoms with Crippen LogP contribution in [0.4, 0.5) is 0 Å². The molecule has 0 unspecified atom stereocenters. The molecule has 0 bridgehead atoms. The molecule has 1 saturated heterocycles. The monoisotopic (exact) mass is 137 g/mol. The number of allylic oxidation sites excluding steroid dienone is 1. The maximum absolute atomic E-state index is 6.08. The van der Waals surface area contributed by atoms with Gasteiger partial charge in [0.05, 0.1) is 5.54 Å². The van der Waals surface area contributed by atoms with Crippen molar-refractivity contribution in [1.82, 2.24) is 5.32 Å². The Morgan fingerprint density at radius 3 is 3.30 bits per heavy atom. The van der Waals surface area contributed by atoms with Crippen LogP contribution in [0.25, 0.3) is 0 Å². The summed E-state index contributed by atoms with van der Waals surface area (Å²) in [5.41, 5.74) is 7.48. The van der Waals surface area contributed by atoms with Crippen molar-refractivity contribution in [3.8, 4) is 0 Å². The number of nitrogens with zero attached hydrogens (tertiary/aromatic N) is 1. The summed E-state index contributed by atoms with van der Waals surface area (Å²) in [6.07, 6.45) is 3.37. The van der Waals surface area contributed by atoms with Crippen molar-refractivity contribution in [2.45, 2.75) is 18.9 Å². The predicted molar refractivity (Wildman–Crippen MR) is 40.7 cm³/mol. The Kier molecular flexibility index (Phi) is 1.17. The summed E-state index contributed by atoms with van der Waals surface area (Å²) in [7, 11) is 0. The quantitative estimate of drug-likeness (QED) is 0.478. The Morgan fingerprint density at radius 2 is 2.60 bits per heavy atom. The van der Waals surface area contributed by atoms with Crippen molar-refractivity contribution in [2.75, 3.05) is 13.1 Å². The first-order chi connectivity index (χ1) is 4.71. The van der Waals surface area contributed by atoms with E-state index >= 15 is 0 Å². The number of nitrogens with two attached hydrogens (primary N) is 1. The van der Waals surface area contributed by atoms with Crippen LogP contribution in [0.15, 0.2) is 11.6 Å². The van der Waals surface area contributed by atoms with E-state index in [4.69, 9.17) is 5.73 Å². The third kappa shape index (κ3) is 0.724. The smallest absolute Gasteiger partial charge is 0.0529 e. The fourth-order valence-corrected chi connectivity index (χ4v) is 2.04. The van der Waals surface area contributed by atoms with E-state index in [-0.39, 0.29) is 5.54 Å². The van der Waals surface area contributed by atoms with Gasteiger partial charge in [-0.2, -0.15) is 0 Å². The van der Waals surface area contributed by atoms with Crippen LogP contribution in [0.3, 0.4) is 0 Å². The summed E-state index contributed by atoms with van der Waals surface area (Å²) in [6.45, 7) is 3.98. The molecule has 2 aliphatic rings. The van der Waals surface area contributed by atoms with Crippen LogP contribution < -0.4 is 11.1 Å². The van der Waals surface area contributed by atoms with E-state index in [1.165, 1.54) is 12.0 Å². The molecule has 1 radical (unpaired) electrons. The Labute approximate surface area is 61.5 Å². The Bertz CT molecular complexity index is 186. The lowest BCUT2D eigenvalue weighted by atomic mass is 9.92. The van der Waals surface area contributed by atoms with Crippen LogP contribution in [0.2, 0.25) is 0 Å². The molecule has 0 aromatic carbocycles. The van der Waals surface area contributed by atoms with Gasteiger partial charge in [0, 0.05) is 13.1 Å². The zero-order chi connectivity index (χ0) is 7.19. The summed E-state index contributed by atoms with van der Waals surface area (Å²) in [4.78, 5) is 0. The van der Waals surface area contributed by atoms with E-state index in [0.29, 0.717) is 5.92 Å². The molecule has 2 N–H and O–H groups in total. The molecular weight excluding hydrogens is 124 g/mol. The van der Waals surface area contributed by atoms with E-state index in [0.717, 1.165) is 13.1 Å². The molecule has 1 aliphatic heterocycles. The van der Waals surface area contributed by atoms with Crippen molar-refractivity contribution in [1.29, 1.82) is 0 Å². The fraction of sp³-hybridized carbons (Fsp3) is 0.750. The molecule has 2 heteroatoms.